The minimum absolute atomic E-state index is 0.0810. The average Bonchev–Trinajstić information content (AvgIpc) is 2.70. The molecule has 0 spiro atoms. The van der Waals surface area contributed by atoms with Crippen LogP contribution in [0.15, 0.2) is 72.8 Å². The van der Waals surface area contributed by atoms with Crippen LogP contribution in [0, 0.1) is 0 Å². The third-order valence-electron chi connectivity index (χ3n) is 3.53. The van der Waals surface area contributed by atoms with Crippen LogP contribution in [0.3, 0.4) is 0 Å². The highest BCUT2D eigenvalue weighted by Crippen LogP contribution is 2.20. The largest absolute Gasteiger partial charge is 0.508 e. The van der Waals surface area contributed by atoms with Crippen molar-refractivity contribution in [2.24, 2.45) is 0 Å². The van der Waals surface area contributed by atoms with Gasteiger partial charge in [-0.3, -0.25) is 0 Å². The second kappa shape index (κ2) is 8.54. The Balaban J connectivity index is 1.62. The SMILES string of the molecule is O=C(Oc1ccc(C(=O)Oc2ccc(O)cc2)cc1)c1ccc(OI)cc1. The number of esters is 2. The van der Waals surface area contributed by atoms with Crippen molar-refractivity contribution < 1.29 is 27.2 Å². The predicted octanol–water partition coefficient (Wildman–Crippen LogP) is 4.56. The summed E-state index contributed by atoms with van der Waals surface area (Å²) in [6.45, 7) is 0. The maximum absolute atomic E-state index is 12.1. The van der Waals surface area contributed by atoms with Crippen molar-refractivity contribution >= 4 is 34.9 Å². The molecule has 0 heterocycles. The minimum Gasteiger partial charge on any atom is -0.508 e. The third kappa shape index (κ3) is 4.98. The summed E-state index contributed by atoms with van der Waals surface area (Å²) < 4.78 is 15.5. The number of carbonyl (C=O) groups is 2. The van der Waals surface area contributed by atoms with E-state index in [1.165, 1.54) is 48.5 Å². The van der Waals surface area contributed by atoms with Gasteiger partial charge in [-0.25, -0.2) is 9.59 Å². The molecule has 27 heavy (non-hydrogen) atoms. The van der Waals surface area contributed by atoms with Crippen molar-refractivity contribution in [3.8, 4) is 23.0 Å². The maximum Gasteiger partial charge on any atom is 0.343 e. The van der Waals surface area contributed by atoms with Gasteiger partial charge in [0, 0.05) is 0 Å². The fourth-order valence-corrected chi connectivity index (χ4v) is 2.44. The fourth-order valence-electron chi connectivity index (χ4n) is 2.15. The zero-order valence-corrected chi connectivity index (χ0v) is 16.0. The molecule has 0 saturated carbocycles. The van der Waals surface area contributed by atoms with Crippen molar-refractivity contribution in [1.29, 1.82) is 0 Å². The quantitative estimate of drug-likeness (QED) is 0.331. The standard InChI is InChI=1S/C20H13IO6/c21-27-18-9-3-14(4-10-18)20(24)25-16-7-1-13(2-8-16)19(23)26-17-11-5-15(22)6-12-17/h1-12,22H. The molecule has 0 fully saturated rings. The molecule has 7 heteroatoms. The molecule has 3 aromatic carbocycles. The lowest BCUT2D eigenvalue weighted by molar-refractivity contribution is 0.0730. The molecule has 0 aliphatic heterocycles. The van der Waals surface area contributed by atoms with Crippen LogP contribution in [0.2, 0.25) is 0 Å². The number of benzene rings is 3. The summed E-state index contributed by atoms with van der Waals surface area (Å²) >= 11 is 1.75. The first-order chi connectivity index (χ1) is 13.0. The summed E-state index contributed by atoms with van der Waals surface area (Å²) in [6, 6.07) is 18.3. The van der Waals surface area contributed by atoms with Crippen LogP contribution in [-0.4, -0.2) is 17.0 Å². The molecule has 3 aromatic rings. The second-order valence-electron chi connectivity index (χ2n) is 5.40. The Morgan fingerprint density at radius 1 is 0.630 bits per heavy atom. The van der Waals surface area contributed by atoms with Crippen molar-refractivity contribution in [2.45, 2.75) is 0 Å². The average molecular weight is 476 g/mol. The Kier molecular flexibility index (Phi) is 5.92. The second-order valence-corrected chi connectivity index (χ2v) is 5.84. The molecule has 0 saturated heterocycles. The topological polar surface area (TPSA) is 82.1 Å². The smallest absolute Gasteiger partial charge is 0.343 e. The Morgan fingerprint density at radius 3 is 1.41 bits per heavy atom. The summed E-state index contributed by atoms with van der Waals surface area (Å²) in [6.07, 6.45) is 0. The van der Waals surface area contributed by atoms with Crippen molar-refractivity contribution in [2.75, 3.05) is 0 Å². The van der Waals surface area contributed by atoms with Crippen molar-refractivity contribution in [1.82, 2.24) is 0 Å². The number of ether oxygens (including phenoxy) is 2. The third-order valence-corrected chi connectivity index (χ3v) is 4.04. The van der Waals surface area contributed by atoms with Crippen LogP contribution in [0.5, 0.6) is 23.0 Å². The van der Waals surface area contributed by atoms with Gasteiger partial charge in [0.05, 0.1) is 11.1 Å². The van der Waals surface area contributed by atoms with E-state index < -0.39 is 11.9 Å². The number of hydrogen-bond donors (Lipinski definition) is 1. The molecule has 0 aliphatic carbocycles. The molecule has 136 valence electrons. The van der Waals surface area contributed by atoms with Crippen LogP contribution in [0.25, 0.3) is 0 Å². The van der Waals surface area contributed by atoms with E-state index in [9.17, 15) is 14.7 Å². The molecular weight excluding hydrogens is 463 g/mol. The van der Waals surface area contributed by atoms with Crippen LogP contribution >= 0.6 is 23.0 Å². The van der Waals surface area contributed by atoms with E-state index in [0.29, 0.717) is 28.4 Å². The number of rotatable bonds is 5. The van der Waals surface area contributed by atoms with Gasteiger partial charge in [0.15, 0.2) is 23.0 Å². The van der Waals surface area contributed by atoms with E-state index in [1.807, 2.05) is 0 Å². The van der Waals surface area contributed by atoms with Crippen molar-refractivity contribution in [3.05, 3.63) is 83.9 Å². The molecule has 0 atom stereocenters. The van der Waals surface area contributed by atoms with Crippen molar-refractivity contribution in [3.63, 3.8) is 0 Å². The zero-order chi connectivity index (χ0) is 19.2. The van der Waals surface area contributed by atoms with Gasteiger partial charge >= 0.3 is 11.9 Å². The molecule has 3 rings (SSSR count). The maximum atomic E-state index is 12.1. The Morgan fingerprint density at radius 2 is 1.00 bits per heavy atom. The predicted molar refractivity (Wildman–Crippen MR) is 106 cm³/mol. The summed E-state index contributed by atoms with van der Waals surface area (Å²) in [4.78, 5) is 24.2. The lowest BCUT2D eigenvalue weighted by Crippen LogP contribution is -2.10. The highest BCUT2D eigenvalue weighted by Gasteiger charge is 2.12. The van der Waals surface area contributed by atoms with Gasteiger partial charge in [-0.2, -0.15) is 0 Å². The number of phenolic OH excluding ortho intramolecular Hbond substituents is 1. The van der Waals surface area contributed by atoms with E-state index >= 15 is 0 Å². The first-order valence-electron chi connectivity index (χ1n) is 7.77. The fraction of sp³-hybridized carbons (Fsp3) is 0. The van der Waals surface area contributed by atoms with Crippen LogP contribution < -0.4 is 12.5 Å². The van der Waals surface area contributed by atoms with E-state index in [0.717, 1.165) is 0 Å². The molecule has 1 N–H and O–H groups in total. The normalized spacial score (nSPS) is 10.1. The zero-order valence-electron chi connectivity index (χ0n) is 13.8. The summed E-state index contributed by atoms with van der Waals surface area (Å²) in [5.74, 6) is 0.242. The lowest BCUT2D eigenvalue weighted by atomic mass is 10.2. The molecule has 0 bridgehead atoms. The molecule has 0 radical (unpaired) electrons. The van der Waals surface area contributed by atoms with E-state index in [1.54, 1.807) is 47.3 Å². The summed E-state index contributed by atoms with van der Waals surface area (Å²) in [7, 11) is 0. The van der Waals surface area contributed by atoms with Gasteiger partial charge in [0.1, 0.15) is 23.0 Å². The molecule has 0 aromatic heterocycles. The molecule has 0 aliphatic rings. The Bertz CT molecular complexity index is 934. The van der Waals surface area contributed by atoms with Crippen LogP contribution in [0.1, 0.15) is 20.7 Å². The van der Waals surface area contributed by atoms with Gasteiger partial charge in [0.2, 0.25) is 0 Å². The highest BCUT2D eigenvalue weighted by molar-refractivity contribution is 14.1. The Labute approximate surface area is 169 Å². The molecule has 0 unspecified atom stereocenters. The van der Waals surface area contributed by atoms with Crippen LogP contribution in [-0.2, 0) is 0 Å². The molecule has 6 nitrogen and oxygen atoms in total. The number of aromatic hydroxyl groups is 1. The number of hydrogen-bond acceptors (Lipinski definition) is 6. The summed E-state index contributed by atoms with van der Waals surface area (Å²) in [5.41, 5.74) is 0.675. The monoisotopic (exact) mass is 476 g/mol. The Hall–Kier alpha value is -3.07. The number of carbonyl (C=O) groups excluding carboxylic acids is 2. The molecule has 0 amide bonds. The van der Waals surface area contributed by atoms with E-state index in [4.69, 9.17) is 12.5 Å². The highest BCUT2D eigenvalue weighted by atomic mass is 127. The first kappa shape index (κ1) is 18.7. The number of phenols is 1. The van der Waals surface area contributed by atoms with E-state index in [2.05, 4.69) is 0 Å². The molecular formula is C20H13IO6. The van der Waals surface area contributed by atoms with E-state index in [-0.39, 0.29) is 5.75 Å². The van der Waals surface area contributed by atoms with Gasteiger partial charge in [-0.1, -0.05) is 0 Å². The lowest BCUT2D eigenvalue weighted by Gasteiger charge is -2.07. The first-order valence-corrected chi connectivity index (χ1v) is 8.65. The van der Waals surface area contributed by atoms with Gasteiger partial charge in [-0.15, -0.1) is 0 Å². The number of halogens is 1. The minimum atomic E-state index is -0.562. The van der Waals surface area contributed by atoms with Crippen LogP contribution in [0.4, 0.5) is 0 Å². The van der Waals surface area contributed by atoms with Gasteiger partial charge < -0.3 is 17.6 Å². The summed E-state index contributed by atoms with van der Waals surface area (Å²) in [5, 5.41) is 9.23. The van der Waals surface area contributed by atoms with Gasteiger partial charge in [-0.05, 0) is 72.8 Å². The van der Waals surface area contributed by atoms with Gasteiger partial charge in [0.25, 0.3) is 0 Å².